The average molecular weight is 480 g/mol. The Labute approximate surface area is 202 Å². The maximum Gasteiger partial charge on any atom is 0.332 e. The molecule has 5 rings (SSSR count). The second kappa shape index (κ2) is 8.77. The van der Waals surface area contributed by atoms with Gasteiger partial charge >= 0.3 is 5.97 Å². The number of hydrogen-bond acceptors (Lipinski definition) is 4. The predicted molar refractivity (Wildman–Crippen MR) is 132 cm³/mol. The Balaban J connectivity index is 1.83. The van der Waals surface area contributed by atoms with Crippen molar-refractivity contribution in [1.29, 1.82) is 0 Å². The van der Waals surface area contributed by atoms with Gasteiger partial charge in [-0.25, -0.2) is 9.18 Å². The zero-order valence-corrected chi connectivity index (χ0v) is 20.4. The van der Waals surface area contributed by atoms with Crippen molar-refractivity contribution < 1.29 is 23.8 Å². The van der Waals surface area contributed by atoms with Crippen LogP contribution in [-0.4, -0.2) is 52.3 Å². The van der Waals surface area contributed by atoms with Crippen LogP contribution in [0.1, 0.15) is 49.4 Å². The van der Waals surface area contributed by atoms with Crippen LogP contribution in [0.25, 0.3) is 27.5 Å². The first kappa shape index (κ1) is 23.5. The molecule has 35 heavy (non-hydrogen) atoms. The Morgan fingerprint density at radius 1 is 1.31 bits per heavy atom. The maximum atomic E-state index is 14.2. The van der Waals surface area contributed by atoms with Crippen LogP contribution in [0.2, 0.25) is 0 Å². The van der Waals surface area contributed by atoms with Gasteiger partial charge in [-0.2, -0.15) is 5.10 Å². The van der Waals surface area contributed by atoms with E-state index < -0.39 is 17.5 Å². The van der Waals surface area contributed by atoms with Crippen molar-refractivity contribution in [3.05, 3.63) is 59.2 Å². The highest BCUT2D eigenvalue weighted by Crippen LogP contribution is 2.44. The van der Waals surface area contributed by atoms with Crippen LogP contribution in [0.4, 0.5) is 4.39 Å². The van der Waals surface area contributed by atoms with Gasteiger partial charge in [0.05, 0.1) is 30.4 Å². The molecule has 0 bridgehead atoms. The van der Waals surface area contributed by atoms with Gasteiger partial charge in [-0.1, -0.05) is 13.8 Å². The van der Waals surface area contributed by atoms with Gasteiger partial charge in [0.15, 0.2) is 6.10 Å². The summed E-state index contributed by atoms with van der Waals surface area (Å²) in [5, 5.41) is 18.7. The number of ether oxygens (including phenoxy) is 2. The lowest BCUT2D eigenvalue weighted by molar-refractivity contribution is -0.153. The van der Waals surface area contributed by atoms with Gasteiger partial charge in [-0.15, -0.1) is 0 Å². The van der Waals surface area contributed by atoms with E-state index in [0.29, 0.717) is 31.6 Å². The van der Waals surface area contributed by atoms with Crippen molar-refractivity contribution in [3.8, 4) is 5.69 Å². The molecule has 2 aromatic carbocycles. The quantitative estimate of drug-likeness (QED) is 0.396. The van der Waals surface area contributed by atoms with Crippen molar-refractivity contribution in [2.75, 3.05) is 20.3 Å². The number of aryl methyl sites for hydroxylation is 1. The van der Waals surface area contributed by atoms with E-state index in [2.05, 4.69) is 40.7 Å². The zero-order chi connectivity index (χ0) is 24.9. The lowest BCUT2D eigenvalue weighted by Crippen LogP contribution is -2.33. The molecule has 3 heterocycles. The van der Waals surface area contributed by atoms with E-state index in [0.717, 1.165) is 38.8 Å². The van der Waals surface area contributed by atoms with Gasteiger partial charge in [0, 0.05) is 40.6 Å². The number of nitrogens with one attached hydrogen (secondary N) is 1. The molecule has 1 saturated heterocycles. The number of aliphatic carboxylic acids is 1. The van der Waals surface area contributed by atoms with Crippen LogP contribution in [0.15, 0.2) is 36.5 Å². The summed E-state index contributed by atoms with van der Waals surface area (Å²) in [5.41, 5.74) is 5.11. The molecule has 1 aliphatic heterocycles. The predicted octanol–water partition coefficient (Wildman–Crippen LogP) is 5.23. The molecule has 4 aromatic rings. The van der Waals surface area contributed by atoms with Crippen molar-refractivity contribution in [2.45, 2.75) is 51.0 Å². The lowest BCUT2D eigenvalue weighted by Gasteiger charge is -2.32. The van der Waals surface area contributed by atoms with E-state index in [1.54, 1.807) is 26.3 Å². The van der Waals surface area contributed by atoms with Crippen LogP contribution in [0, 0.1) is 12.7 Å². The molecule has 1 fully saturated rings. The molecule has 0 amide bonds. The van der Waals surface area contributed by atoms with Gasteiger partial charge in [0.1, 0.15) is 5.82 Å². The number of aromatic amines is 1. The fourth-order valence-electron chi connectivity index (χ4n) is 5.47. The fourth-order valence-corrected chi connectivity index (χ4v) is 5.47. The number of fused-ring (bicyclic) bond motifs is 2. The van der Waals surface area contributed by atoms with Crippen LogP contribution >= 0.6 is 0 Å². The Kier molecular flexibility index (Phi) is 5.89. The number of carboxylic acids is 1. The van der Waals surface area contributed by atoms with E-state index >= 15 is 0 Å². The van der Waals surface area contributed by atoms with Gasteiger partial charge in [-0.05, 0) is 61.2 Å². The zero-order valence-electron chi connectivity index (χ0n) is 20.4. The molecule has 1 unspecified atom stereocenters. The molecule has 0 saturated carbocycles. The van der Waals surface area contributed by atoms with Gasteiger partial charge < -0.3 is 19.1 Å². The normalized spacial score (nSPS) is 19.0. The number of H-pyrrole nitrogens is 1. The second-order valence-electron chi connectivity index (χ2n) is 10.1. The van der Waals surface area contributed by atoms with Crippen molar-refractivity contribution in [1.82, 2.24) is 14.8 Å². The Bertz CT molecular complexity index is 1410. The first-order valence-electron chi connectivity index (χ1n) is 11.8. The molecular weight excluding hydrogens is 449 g/mol. The molecule has 7 nitrogen and oxygen atoms in total. The third kappa shape index (κ3) is 4.00. The summed E-state index contributed by atoms with van der Waals surface area (Å²) >= 11 is 0. The third-order valence-electron chi connectivity index (χ3n) is 7.07. The Morgan fingerprint density at radius 3 is 2.77 bits per heavy atom. The van der Waals surface area contributed by atoms with Crippen LogP contribution in [0.3, 0.4) is 0 Å². The number of aromatic nitrogens is 3. The first-order chi connectivity index (χ1) is 16.7. The molecule has 2 atom stereocenters. The second-order valence-corrected chi connectivity index (χ2v) is 10.1. The molecule has 2 N–H and O–H groups in total. The molecule has 184 valence electrons. The first-order valence-corrected chi connectivity index (χ1v) is 11.8. The van der Waals surface area contributed by atoms with E-state index in [1.165, 1.54) is 6.07 Å². The summed E-state index contributed by atoms with van der Waals surface area (Å²) in [7, 11) is 1.69. The minimum atomic E-state index is -0.924. The summed E-state index contributed by atoms with van der Waals surface area (Å²) in [6.45, 7) is 6.83. The SMILES string of the molecule is COCC(C)(C)c1c([C@@H]2CCC(C(=O)O)OC2)c2cc3[nH]ncc3cc2n1-c1ccc(F)c(C)c1. The van der Waals surface area contributed by atoms with Crippen LogP contribution in [0.5, 0.6) is 0 Å². The minimum absolute atomic E-state index is 0.00222. The largest absolute Gasteiger partial charge is 0.479 e. The van der Waals surface area contributed by atoms with Crippen molar-refractivity contribution >= 4 is 27.8 Å². The van der Waals surface area contributed by atoms with E-state index in [9.17, 15) is 14.3 Å². The number of methoxy groups -OCH3 is 1. The van der Waals surface area contributed by atoms with Gasteiger partial charge in [-0.3, -0.25) is 5.10 Å². The van der Waals surface area contributed by atoms with E-state index in [1.807, 2.05) is 6.07 Å². The third-order valence-corrected chi connectivity index (χ3v) is 7.07. The molecule has 0 aliphatic carbocycles. The molecule has 0 radical (unpaired) electrons. The summed E-state index contributed by atoms with van der Waals surface area (Å²) in [4.78, 5) is 11.5. The number of carbonyl (C=O) groups is 1. The highest BCUT2D eigenvalue weighted by atomic mass is 19.1. The van der Waals surface area contributed by atoms with Crippen LogP contribution < -0.4 is 0 Å². The summed E-state index contributed by atoms with van der Waals surface area (Å²) in [6, 6.07) is 9.38. The Morgan fingerprint density at radius 2 is 2.11 bits per heavy atom. The lowest BCUT2D eigenvalue weighted by atomic mass is 9.80. The smallest absolute Gasteiger partial charge is 0.332 e. The Hall–Kier alpha value is -3.23. The fraction of sp³-hybridized carbons (Fsp3) is 0.407. The summed E-state index contributed by atoms with van der Waals surface area (Å²) < 4.78 is 27.9. The summed E-state index contributed by atoms with van der Waals surface area (Å²) in [6.07, 6.45) is 2.14. The molecule has 2 aromatic heterocycles. The van der Waals surface area contributed by atoms with Gasteiger partial charge in [0.25, 0.3) is 0 Å². The van der Waals surface area contributed by atoms with Crippen LogP contribution in [-0.2, 0) is 19.7 Å². The van der Waals surface area contributed by atoms with Crippen molar-refractivity contribution in [2.24, 2.45) is 0 Å². The van der Waals surface area contributed by atoms with E-state index in [4.69, 9.17) is 9.47 Å². The van der Waals surface area contributed by atoms with E-state index in [-0.39, 0.29) is 11.7 Å². The van der Waals surface area contributed by atoms with Crippen molar-refractivity contribution in [3.63, 3.8) is 0 Å². The molecule has 1 aliphatic rings. The number of benzene rings is 2. The molecule has 0 spiro atoms. The number of carboxylic acid groups (broad SMARTS) is 1. The topological polar surface area (TPSA) is 89.4 Å². The molecule has 8 heteroatoms. The highest BCUT2D eigenvalue weighted by Gasteiger charge is 2.37. The standard InChI is InChI=1S/C27H30FN3O4/c1-15-9-18(6-7-20(15)28)31-22-10-17-12-29-30-21(17)11-19(22)24(25(31)27(2,3)14-34-4)16-5-8-23(26(32)33)35-13-16/h6-7,9-12,16,23H,5,8,13-14H2,1-4H3,(H,29,30)(H,32,33)/t16-,23?/m1/s1. The maximum absolute atomic E-state index is 14.2. The molecular formula is C27H30FN3O4. The average Bonchev–Trinajstić information content (AvgIpc) is 3.41. The highest BCUT2D eigenvalue weighted by molar-refractivity contribution is 5.99. The number of nitrogens with zero attached hydrogens (tertiary/aromatic N) is 2. The van der Waals surface area contributed by atoms with Gasteiger partial charge in [0.2, 0.25) is 0 Å². The number of rotatable bonds is 6. The minimum Gasteiger partial charge on any atom is -0.479 e. The number of halogens is 1. The monoisotopic (exact) mass is 479 g/mol. The number of hydrogen-bond donors (Lipinski definition) is 2. The summed E-state index contributed by atoms with van der Waals surface area (Å²) in [5.74, 6) is -1.17.